The zero-order chi connectivity index (χ0) is 34.0. The second kappa shape index (κ2) is 14.0. The third kappa shape index (κ3) is 7.82. The highest BCUT2D eigenvalue weighted by molar-refractivity contribution is 6.31. The van der Waals surface area contributed by atoms with Gasteiger partial charge in [0.25, 0.3) is 0 Å². The van der Waals surface area contributed by atoms with Gasteiger partial charge < -0.3 is 16.0 Å². The van der Waals surface area contributed by atoms with Crippen LogP contribution in [0.1, 0.15) is 54.1 Å². The van der Waals surface area contributed by atoms with Crippen molar-refractivity contribution < 1.29 is 31.9 Å². The van der Waals surface area contributed by atoms with Crippen LogP contribution in [-0.4, -0.2) is 48.8 Å². The summed E-state index contributed by atoms with van der Waals surface area (Å²) in [6.07, 6.45) is -2.04. The van der Waals surface area contributed by atoms with Gasteiger partial charge in [-0.15, -0.1) is 0 Å². The van der Waals surface area contributed by atoms with Gasteiger partial charge in [0.05, 0.1) is 22.1 Å². The van der Waals surface area contributed by atoms with Gasteiger partial charge in [-0.3, -0.25) is 19.3 Å². The Kier molecular flexibility index (Phi) is 10.7. The van der Waals surface area contributed by atoms with Crippen LogP contribution in [0.4, 0.5) is 28.9 Å². The molecule has 3 aromatic rings. The molecule has 0 bridgehead atoms. The van der Waals surface area contributed by atoms with E-state index in [0.717, 1.165) is 36.4 Å². The van der Waals surface area contributed by atoms with Crippen LogP contribution in [0, 0.1) is 17.7 Å². The summed E-state index contributed by atoms with van der Waals surface area (Å²) in [5.74, 6) is -3.08. The fraction of sp³-hybridized carbons (Fsp3) is 0.364. The normalized spacial score (nSPS) is 19.2. The third-order valence-corrected chi connectivity index (χ3v) is 9.07. The molecule has 1 aliphatic heterocycles. The molecule has 1 unspecified atom stereocenters. The lowest BCUT2D eigenvalue weighted by Gasteiger charge is -2.37. The summed E-state index contributed by atoms with van der Waals surface area (Å²) in [4.78, 5) is 38.6. The average molecular weight is 682 g/mol. The highest BCUT2D eigenvalue weighted by Crippen LogP contribution is 2.49. The molecule has 3 N–H and O–H groups in total. The number of likely N-dealkylation sites (tertiary alicyclic amines) is 1. The van der Waals surface area contributed by atoms with Crippen LogP contribution in [0.3, 0.4) is 0 Å². The molecule has 2 fully saturated rings. The molecule has 46 heavy (non-hydrogen) atoms. The number of nitrogens with zero attached hydrogens (tertiary/aromatic N) is 2. The Morgan fingerprint density at radius 1 is 1.09 bits per heavy atom. The summed E-state index contributed by atoms with van der Waals surface area (Å²) in [5.41, 5.74) is 3.60. The number of amides is 3. The first-order valence-corrected chi connectivity index (χ1v) is 15.2. The lowest BCUT2D eigenvalue weighted by Crippen LogP contribution is -2.43. The summed E-state index contributed by atoms with van der Waals surface area (Å²) < 4.78 is 56.1. The first kappa shape index (κ1) is 35.2. The van der Waals surface area contributed by atoms with Crippen LogP contribution in [0.5, 0.6) is 0 Å². The summed E-state index contributed by atoms with van der Waals surface area (Å²) in [6.45, 7) is 4.99. The molecular weight excluding hydrogens is 647 g/mol. The molecular formula is C33H34Cl2F4N4O3. The van der Waals surface area contributed by atoms with E-state index in [1.54, 1.807) is 36.4 Å². The minimum atomic E-state index is -4.84. The van der Waals surface area contributed by atoms with Crippen LogP contribution in [0.2, 0.25) is 10.0 Å². The lowest BCUT2D eigenvalue weighted by atomic mass is 9.76. The highest BCUT2D eigenvalue weighted by atomic mass is 35.5. The zero-order valence-electron chi connectivity index (χ0n) is 25.4. The number of anilines is 2. The predicted molar refractivity (Wildman–Crippen MR) is 171 cm³/mol. The minimum absolute atomic E-state index is 0.0407. The van der Waals surface area contributed by atoms with Gasteiger partial charge >= 0.3 is 6.18 Å². The third-order valence-electron chi connectivity index (χ3n) is 8.55. The molecule has 1 saturated carbocycles. The fourth-order valence-corrected chi connectivity index (χ4v) is 6.35. The van der Waals surface area contributed by atoms with E-state index in [4.69, 9.17) is 28.9 Å². The molecule has 0 aromatic heterocycles. The summed E-state index contributed by atoms with van der Waals surface area (Å²) in [6, 6.07) is 14.6. The van der Waals surface area contributed by atoms with Crippen molar-refractivity contribution in [3.63, 3.8) is 0 Å². The monoisotopic (exact) mass is 680 g/mol. The number of benzene rings is 3. The van der Waals surface area contributed by atoms with E-state index in [-0.39, 0.29) is 10.7 Å². The average Bonchev–Trinajstić information content (AvgIpc) is 3.77. The summed E-state index contributed by atoms with van der Waals surface area (Å²) >= 11 is 11.7. The van der Waals surface area contributed by atoms with Crippen molar-refractivity contribution >= 4 is 52.8 Å². The molecule has 246 valence electrons. The Balaban J connectivity index is 0.000000409. The first-order valence-electron chi connectivity index (χ1n) is 14.5. The van der Waals surface area contributed by atoms with Crippen molar-refractivity contribution in [1.29, 1.82) is 0 Å². The number of rotatable bonds is 8. The fourth-order valence-electron chi connectivity index (χ4n) is 5.98. The molecule has 1 heterocycles. The molecule has 5 rings (SSSR count). The van der Waals surface area contributed by atoms with Crippen molar-refractivity contribution in [2.45, 2.75) is 44.3 Å². The molecule has 3 amide bonds. The van der Waals surface area contributed by atoms with Gasteiger partial charge in [0.15, 0.2) is 0 Å². The number of nitrogens with two attached hydrogens (primary N) is 1. The molecule has 2 atom stereocenters. The number of hydrogen-bond donors (Lipinski definition) is 2. The van der Waals surface area contributed by atoms with E-state index in [0.29, 0.717) is 35.1 Å². The Morgan fingerprint density at radius 2 is 1.76 bits per heavy atom. The van der Waals surface area contributed by atoms with Crippen LogP contribution in [-0.2, 0) is 15.8 Å². The first-order chi connectivity index (χ1) is 21.6. The number of carbonyl (C=O) groups excluding carboxylic acids is 3. The van der Waals surface area contributed by atoms with Crippen molar-refractivity contribution in [1.82, 2.24) is 4.90 Å². The van der Waals surface area contributed by atoms with Crippen molar-refractivity contribution in [2.75, 3.05) is 30.4 Å². The van der Waals surface area contributed by atoms with Gasteiger partial charge in [-0.1, -0.05) is 41.4 Å². The molecule has 1 aliphatic carbocycles. The number of alkyl halides is 3. The molecule has 0 radical (unpaired) electrons. The number of hydrogen-bond acceptors (Lipinski definition) is 4. The van der Waals surface area contributed by atoms with Crippen molar-refractivity contribution in [3.8, 4) is 0 Å². The molecule has 1 saturated heterocycles. The SMILES string of the molecule is CN(C(=O)[C@@H]1CN(CC2CC2)C(C)(C)C1c1cccc(Cl)c1F)c1ccc(C(N)=O)c(C(F)(F)F)c1.O=CNc1cccc(Cl)c1. The van der Waals surface area contributed by atoms with Crippen LogP contribution < -0.4 is 16.0 Å². The van der Waals surface area contributed by atoms with Gasteiger partial charge in [0.1, 0.15) is 5.82 Å². The van der Waals surface area contributed by atoms with E-state index >= 15 is 4.39 Å². The van der Waals surface area contributed by atoms with E-state index in [1.165, 1.54) is 19.2 Å². The Morgan fingerprint density at radius 3 is 2.35 bits per heavy atom. The van der Waals surface area contributed by atoms with E-state index in [2.05, 4.69) is 10.2 Å². The maximum atomic E-state index is 15.2. The van der Waals surface area contributed by atoms with E-state index in [1.807, 2.05) is 13.8 Å². The van der Waals surface area contributed by atoms with Gasteiger partial charge in [0.2, 0.25) is 18.2 Å². The van der Waals surface area contributed by atoms with Crippen molar-refractivity contribution in [2.24, 2.45) is 17.6 Å². The van der Waals surface area contributed by atoms with Gasteiger partial charge in [0, 0.05) is 48.0 Å². The Bertz CT molecular complexity index is 1610. The maximum Gasteiger partial charge on any atom is 0.417 e. The number of halogens is 6. The topological polar surface area (TPSA) is 95.7 Å². The summed E-state index contributed by atoms with van der Waals surface area (Å²) in [5, 5.41) is 3.05. The smallest absolute Gasteiger partial charge is 0.366 e. The maximum absolute atomic E-state index is 15.2. The van der Waals surface area contributed by atoms with Crippen LogP contribution >= 0.6 is 23.2 Å². The minimum Gasteiger partial charge on any atom is -0.366 e. The van der Waals surface area contributed by atoms with Crippen LogP contribution in [0.15, 0.2) is 60.7 Å². The number of carbonyl (C=O) groups is 3. The largest absolute Gasteiger partial charge is 0.417 e. The molecule has 2 aliphatic rings. The zero-order valence-corrected chi connectivity index (χ0v) is 26.9. The Hall–Kier alpha value is -3.67. The quantitative estimate of drug-likeness (QED) is 0.192. The Labute approximate surface area is 274 Å². The van der Waals surface area contributed by atoms with Gasteiger partial charge in [-0.25, -0.2) is 4.39 Å². The molecule has 3 aromatic carbocycles. The lowest BCUT2D eigenvalue weighted by molar-refractivity contribution is -0.138. The molecule has 7 nitrogen and oxygen atoms in total. The molecule has 0 spiro atoms. The number of primary amides is 1. The predicted octanol–water partition coefficient (Wildman–Crippen LogP) is 7.37. The van der Waals surface area contributed by atoms with E-state index < -0.39 is 52.3 Å². The van der Waals surface area contributed by atoms with E-state index in [9.17, 15) is 27.6 Å². The van der Waals surface area contributed by atoms with Crippen molar-refractivity contribution in [3.05, 3.63) is 93.2 Å². The standard InChI is InChI=1S/C26H28ClF4N3O2.C7H6ClNO/c1-25(2)21(17-5-4-6-20(27)22(17)28)18(13-34(25)12-14-7-8-14)24(36)33(3)15-9-10-16(23(32)35)19(11-15)26(29,30)31;8-6-2-1-3-7(4-6)9-5-10/h4-6,9-11,14,18,21H,7-8,12-13H2,1-3H3,(H2,32,35);1-5H,(H,9,10)/t18-,21?;/m1./s1. The van der Waals surface area contributed by atoms with Gasteiger partial charge in [-0.2, -0.15) is 13.2 Å². The summed E-state index contributed by atoms with van der Waals surface area (Å²) in [7, 11) is 1.38. The second-order valence-electron chi connectivity index (χ2n) is 12.0. The highest BCUT2D eigenvalue weighted by Gasteiger charge is 2.53. The molecule has 13 heteroatoms. The van der Waals surface area contributed by atoms with Crippen LogP contribution in [0.25, 0.3) is 0 Å². The van der Waals surface area contributed by atoms with Gasteiger partial charge in [-0.05, 0) is 80.6 Å². The number of nitrogens with one attached hydrogen (secondary N) is 1. The second-order valence-corrected chi connectivity index (χ2v) is 12.8.